The third-order valence-corrected chi connectivity index (χ3v) is 10.4. The molecule has 39 heavy (non-hydrogen) atoms. The second-order valence-corrected chi connectivity index (χ2v) is 12.3. The van der Waals surface area contributed by atoms with Gasteiger partial charge in [-0.2, -0.15) is 0 Å². The van der Waals surface area contributed by atoms with Crippen molar-refractivity contribution < 1.29 is 0 Å². The lowest BCUT2D eigenvalue weighted by Crippen LogP contribution is -1.93. The van der Waals surface area contributed by atoms with E-state index in [1.54, 1.807) is 0 Å². The molecule has 0 aliphatic carbocycles. The van der Waals surface area contributed by atoms with Crippen molar-refractivity contribution in [2.24, 2.45) is 0 Å². The van der Waals surface area contributed by atoms with E-state index in [0.29, 0.717) is 0 Å². The highest BCUT2D eigenvalue weighted by atomic mass is 32.1. The number of hydrogen-bond donors (Lipinski definition) is 0. The van der Waals surface area contributed by atoms with Crippen molar-refractivity contribution in [2.75, 3.05) is 0 Å². The van der Waals surface area contributed by atoms with Crippen molar-refractivity contribution >= 4 is 84.8 Å². The zero-order chi connectivity index (χ0) is 25.5. The Labute approximate surface area is 232 Å². The Morgan fingerprint density at radius 3 is 1.82 bits per heavy atom. The van der Waals surface area contributed by atoms with Gasteiger partial charge in [0.15, 0.2) is 0 Å². The highest BCUT2D eigenvalue weighted by Gasteiger charge is 2.17. The molecule has 0 spiro atoms. The molecule has 0 fully saturated rings. The number of nitrogens with zero attached hydrogens (tertiary/aromatic N) is 1. The van der Waals surface area contributed by atoms with Crippen LogP contribution in [0, 0.1) is 0 Å². The number of para-hydroxylation sites is 1. The molecule has 0 N–H and O–H groups in total. The molecule has 1 nitrogen and oxygen atoms in total. The Morgan fingerprint density at radius 1 is 0.385 bits per heavy atom. The van der Waals surface area contributed by atoms with Gasteiger partial charge in [-0.1, -0.05) is 78.9 Å². The summed E-state index contributed by atoms with van der Waals surface area (Å²) in [7, 11) is 0. The maximum absolute atomic E-state index is 2.46. The quantitative estimate of drug-likeness (QED) is 0.209. The number of hydrogen-bond acceptors (Lipinski definition) is 2. The Bertz CT molecular complexity index is 2400. The first-order chi connectivity index (χ1) is 19.3. The van der Waals surface area contributed by atoms with Gasteiger partial charge in [-0.15, -0.1) is 22.7 Å². The van der Waals surface area contributed by atoms with Crippen LogP contribution in [0.4, 0.5) is 0 Å². The van der Waals surface area contributed by atoms with E-state index < -0.39 is 0 Å². The van der Waals surface area contributed by atoms with E-state index in [2.05, 4.69) is 132 Å². The highest BCUT2D eigenvalue weighted by Crippen LogP contribution is 2.42. The standard InChI is InChI=1S/C36H21NS2/c1-4-12-30-24(8-1)28-20-22(23-17-19-35-29(21-23)26-10-3-5-14-33(26)38-35)16-18-31(28)37(30)32-13-7-11-27-25-9-2-6-15-34(25)39-36(27)32/h1-21H. The van der Waals surface area contributed by atoms with E-state index in [1.807, 2.05) is 22.7 Å². The van der Waals surface area contributed by atoms with E-state index in [9.17, 15) is 0 Å². The second kappa shape index (κ2) is 8.03. The molecular weight excluding hydrogens is 511 g/mol. The normalized spacial score (nSPS) is 12.1. The first-order valence-electron chi connectivity index (χ1n) is 13.2. The molecule has 9 rings (SSSR count). The molecule has 0 saturated carbocycles. The lowest BCUT2D eigenvalue weighted by Gasteiger charge is -2.10. The minimum atomic E-state index is 1.24. The van der Waals surface area contributed by atoms with E-state index in [1.165, 1.54) is 79.0 Å². The van der Waals surface area contributed by atoms with Crippen LogP contribution in [0.15, 0.2) is 127 Å². The summed E-state index contributed by atoms with van der Waals surface area (Å²) < 4.78 is 7.81. The fraction of sp³-hybridized carbons (Fsp3) is 0. The molecule has 3 heteroatoms. The first-order valence-corrected chi connectivity index (χ1v) is 14.8. The SMILES string of the molecule is c1ccc2c(c1)sc1ccc(-c3ccc4c(c3)c3ccccc3n4-c3cccc4c3sc3ccccc34)cc12. The predicted octanol–water partition coefficient (Wildman–Crippen LogP) is 11.2. The third-order valence-electron chi connectivity index (χ3n) is 8.01. The molecule has 0 saturated heterocycles. The van der Waals surface area contributed by atoms with Gasteiger partial charge in [-0.3, -0.25) is 0 Å². The first kappa shape index (κ1) is 21.5. The van der Waals surface area contributed by atoms with Gasteiger partial charge in [0.2, 0.25) is 0 Å². The minimum absolute atomic E-state index is 1.24. The van der Waals surface area contributed by atoms with Crippen molar-refractivity contribution in [1.29, 1.82) is 0 Å². The van der Waals surface area contributed by atoms with Crippen molar-refractivity contribution in [3.05, 3.63) is 127 Å². The summed E-state index contributed by atoms with van der Waals surface area (Å²) >= 11 is 3.76. The summed E-state index contributed by atoms with van der Waals surface area (Å²) in [6, 6.07) is 46.9. The predicted molar refractivity (Wildman–Crippen MR) is 172 cm³/mol. The number of fused-ring (bicyclic) bond motifs is 9. The van der Waals surface area contributed by atoms with Crippen LogP contribution >= 0.6 is 22.7 Å². The van der Waals surface area contributed by atoms with Gasteiger partial charge in [0.05, 0.1) is 21.4 Å². The van der Waals surface area contributed by atoms with Crippen molar-refractivity contribution in [3.63, 3.8) is 0 Å². The minimum Gasteiger partial charge on any atom is -0.308 e. The van der Waals surface area contributed by atoms with Crippen LogP contribution < -0.4 is 0 Å². The van der Waals surface area contributed by atoms with Crippen LogP contribution in [0.1, 0.15) is 0 Å². The van der Waals surface area contributed by atoms with Crippen LogP contribution in [0.3, 0.4) is 0 Å². The van der Waals surface area contributed by atoms with Gasteiger partial charge < -0.3 is 4.57 Å². The maximum Gasteiger partial charge on any atom is 0.0640 e. The average Bonchev–Trinajstić information content (AvgIpc) is 3.66. The average molecular weight is 532 g/mol. The Hall–Kier alpha value is -4.44. The maximum atomic E-state index is 2.46. The molecule has 0 radical (unpaired) electrons. The summed E-state index contributed by atoms with van der Waals surface area (Å²) in [6.45, 7) is 0. The lowest BCUT2D eigenvalue weighted by atomic mass is 10.0. The number of rotatable bonds is 2. The molecular formula is C36H21NS2. The lowest BCUT2D eigenvalue weighted by molar-refractivity contribution is 1.20. The Balaban J connectivity index is 1.31. The van der Waals surface area contributed by atoms with E-state index in [0.717, 1.165) is 0 Å². The zero-order valence-electron chi connectivity index (χ0n) is 20.9. The second-order valence-electron chi connectivity index (χ2n) is 10.1. The smallest absolute Gasteiger partial charge is 0.0640 e. The summed E-state index contributed by atoms with van der Waals surface area (Å²) in [4.78, 5) is 0. The molecule has 0 aliphatic rings. The molecule has 0 unspecified atom stereocenters. The summed E-state index contributed by atoms with van der Waals surface area (Å²) in [6.07, 6.45) is 0. The largest absolute Gasteiger partial charge is 0.308 e. The molecule has 182 valence electrons. The molecule has 9 aromatic rings. The number of aromatic nitrogens is 1. The van der Waals surface area contributed by atoms with Gasteiger partial charge in [0, 0.05) is 46.4 Å². The Kier molecular flexibility index (Phi) is 4.43. The third kappa shape index (κ3) is 3.06. The van der Waals surface area contributed by atoms with Gasteiger partial charge in [-0.05, 0) is 59.7 Å². The number of thiophene rings is 2. The van der Waals surface area contributed by atoms with Gasteiger partial charge >= 0.3 is 0 Å². The van der Waals surface area contributed by atoms with Crippen molar-refractivity contribution in [3.8, 4) is 16.8 Å². The van der Waals surface area contributed by atoms with E-state index in [-0.39, 0.29) is 0 Å². The van der Waals surface area contributed by atoms with Crippen molar-refractivity contribution in [1.82, 2.24) is 4.57 Å². The molecule has 3 aromatic heterocycles. The molecule has 0 amide bonds. The summed E-state index contributed by atoms with van der Waals surface area (Å²) in [5, 5.41) is 7.91. The Morgan fingerprint density at radius 2 is 0.974 bits per heavy atom. The van der Waals surface area contributed by atoms with Gasteiger partial charge in [0.25, 0.3) is 0 Å². The summed E-state index contributed by atoms with van der Waals surface area (Å²) in [5.74, 6) is 0. The van der Waals surface area contributed by atoms with Crippen LogP contribution in [0.2, 0.25) is 0 Å². The van der Waals surface area contributed by atoms with E-state index in [4.69, 9.17) is 0 Å². The number of benzene rings is 6. The van der Waals surface area contributed by atoms with Crippen LogP contribution in [0.5, 0.6) is 0 Å². The highest BCUT2D eigenvalue weighted by molar-refractivity contribution is 7.26. The molecule has 0 bridgehead atoms. The van der Waals surface area contributed by atoms with Crippen LogP contribution in [0.25, 0.3) is 79.0 Å². The van der Waals surface area contributed by atoms with Gasteiger partial charge in [0.1, 0.15) is 0 Å². The molecule has 0 atom stereocenters. The zero-order valence-corrected chi connectivity index (χ0v) is 22.5. The van der Waals surface area contributed by atoms with Crippen LogP contribution in [-0.2, 0) is 0 Å². The summed E-state index contributed by atoms with van der Waals surface area (Å²) in [5.41, 5.74) is 6.25. The monoisotopic (exact) mass is 531 g/mol. The van der Waals surface area contributed by atoms with Crippen LogP contribution in [-0.4, -0.2) is 4.57 Å². The van der Waals surface area contributed by atoms with Gasteiger partial charge in [-0.25, -0.2) is 0 Å². The van der Waals surface area contributed by atoms with E-state index >= 15 is 0 Å². The molecule has 3 heterocycles. The molecule has 6 aromatic carbocycles. The molecule has 0 aliphatic heterocycles. The fourth-order valence-electron chi connectivity index (χ4n) is 6.23. The topological polar surface area (TPSA) is 4.93 Å². The van der Waals surface area contributed by atoms with Crippen molar-refractivity contribution in [2.45, 2.75) is 0 Å². The fourth-order valence-corrected chi connectivity index (χ4v) is 8.52.